The van der Waals surface area contributed by atoms with Gasteiger partial charge >= 0.3 is 0 Å². The second-order valence-corrected chi connectivity index (χ2v) is 4.37. The fourth-order valence-electron chi connectivity index (χ4n) is 1.79. The van der Waals surface area contributed by atoms with Gasteiger partial charge in [0.1, 0.15) is 5.82 Å². The molecule has 0 saturated heterocycles. The van der Waals surface area contributed by atoms with Crippen molar-refractivity contribution in [3.05, 3.63) is 47.9 Å². The average Bonchev–Trinajstić information content (AvgIpc) is 2.30. The SMILES string of the molecule is CC(C)c1cc(N)cnc1-c1ccc(F)cc1. The Morgan fingerprint density at radius 3 is 2.41 bits per heavy atom. The predicted octanol–water partition coefficient (Wildman–Crippen LogP) is 3.59. The first-order chi connectivity index (χ1) is 8.08. The van der Waals surface area contributed by atoms with Crippen LogP contribution in [0.3, 0.4) is 0 Å². The average molecular weight is 230 g/mol. The van der Waals surface area contributed by atoms with Crippen LogP contribution in [0.5, 0.6) is 0 Å². The van der Waals surface area contributed by atoms with E-state index < -0.39 is 0 Å². The first-order valence-electron chi connectivity index (χ1n) is 5.59. The molecule has 0 spiro atoms. The maximum absolute atomic E-state index is 12.9. The van der Waals surface area contributed by atoms with Gasteiger partial charge in [0, 0.05) is 5.56 Å². The number of anilines is 1. The van der Waals surface area contributed by atoms with Crippen LogP contribution in [0.1, 0.15) is 25.3 Å². The molecule has 1 aromatic carbocycles. The van der Waals surface area contributed by atoms with Gasteiger partial charge in [-0.25, -0.2) is 4.39 Å². The molecule has 0 unspecified atom stereocenters. The van der Waals surface area contributed by atoms with Crippen LogP contribution in [-0.4, -0.2) is 4.98 Å². The molecule has 0 radical (unpaired) electrons. The molecule has 88 valence electrons. The summed E-state index contributed by atoms with van der Waals surface area (Å²) in [7, 11) is 0. The van der Waals surface area contributed by atoms with Crippen molar-refractivity contribution in [3.8, 4) is 11.3 Å². The van der Waals surface area contributed by atoms with Gasteiger partial charge in [0.15, 0.2) is 0 Å². The number of nitrogen functional groups attached to an aromatic ring is 1. The van der Waals surface area contributed by atoms with Crippen LogP contribution in [0.2, 0.25) is 0 Å². The molecule has 0 bridgehead atoms. The fraction of sp³-hybridized carbons (Fsp3) is 0.214. The third kappa shape index (κ3) is 2.44. The lowest BCUT2D eigenvalue weighted by atomic mass is 9.97. The second kappa shape index (κ2) is 4.53. The van der Waals surface area contributed by atoms with Crippen molar-refractivity contribution in [3.63, 3.8) is 0 Å². The molecule has 0 atom stereocenters. The highest BCUT2D eigenvalue weighted by Crippen LogP contribution is 2.28. The summed E-state index contributed by atoms with van der Waals surface area (Å²) < 4.78 is 12.9. The van der Waals surface area contributed by atoms with Gasteiger partial charge in [0.2, 0.25) is 0 Å². The first-order valence-corrected chi connectivity index (χ1v) is 5.59. The highest BCUT2D eigenvalue weighted by atomic mass is 19.1. The van der Waals surface area contributed by atoms with E-state index in [1.165, 1.54) is 12.1 Å². The van der Waals surface area contributed by atoms with Gasteiger partial charge in [-0.1, -0.05) is 13.8 Å². The minimum Gasteiger partial charge on any atom is -0.397 e. The van der Waals surface area contributed by atoms with Crippen LogP contribution in [0.15, 0.2) is 36.5 Å². The molecule has 2 rings (SSSR count). The summed E-state index contributed by atoms with van der Waals surface area (Å²) >= 11 is 0. The third-order valence-corrected chi connectivity index (χ3v) is 2.68. The van der Waals surface area contributed by atoms with E-state index in [4.69, 9.17) is 5.73 Å². The van der Waals surface area contributed by atoms with E-state index in [9.17, 15) is 4.39 Å². The highest BCUT2D eigenvalue weighted by Gasteiger charge is 2.10. The van der Waals surface area contributed by atoms with E-state index in [2.05, 4.69) is 18.8 Å². The van der Waals surface area contributed by atoms with Gasteiger partial charge in [-0.2, -0.15) is 0 Å². The zero-order valence-electron chi connectivity index (χ0n) is 9.94. The van der Waals surface area contributed by atoms with E-state index in [1.807, 2.05) is 6.07 Å². The maximum atomic E-state index is 12.9. The number of rotatable bonds is 2. The summed E-state index contributed by atoms with van der Waals surface area (Å²) in [5, 5.41) is 0. The van der Waals surface area contributed by atoms with Crippen molar-refractivity contribution in [2.24, 2.45) is 0 Å². The van der Waals surface area contributed by atoms with Crippen molar-refractivity contribution in [1.82, 2.24) is 4.98 Å². The van der Waals surface area contributed by atoms with Crippen LogP contribution in [0, 0.1) is 5.82 Å². The molecular formula is C14H15FN2. The highest BCUT2D eigenvalue weighted by molar-refractivity contribution is 5.65. The Hall–Kier alpha value is -1.90. The molecule has 17 heavy (non-hydrogen) atoms. The summed E-state index contributed by atoms with van der Waals surface area (Å²) in [6.07, 6.45) is 1.63. The predicted molar refractivity (Wildman–Crippen MR) is 68.1 cm³/mol. The van der Waals surface area contributed by atoms with Crippen molar-refractivity contribution in [2.75, 3.05) is 5.73 Å². The van der Waals surface area contributed by atoms with Gasteiger partial charge in [-0.05, 0) is 41.8 Å². The first kappa shape index (κ1) is 11.6. The van der Waals surface area contributed by atoms with Gasteiger partial charge in [-0.3, -0.25) is 4.98 Å². The van der Waals surface area contributed by atoms with E-state index >= 15 is 0 Å². The summed E-state index contributed by atoms with van der Waals surface area (Å²) in [6, 6.07) is 8.28. The standard InChI is InChI=1S/C14H15FN2/c1-9(2)13-7-12(16)8-17-14(13)10-3-5-11(15)6-4-10/h3-9H,16H2,1-2H3. The molecule has 0 saturated carbocycles. The Labute approximate surface area is 100 Å². The fourth-order valence-corrected chi connectivity index (χ4v) is 1.79. The quantitative estimate of drug-likeness (QED) is 0.856. The Morgan fingerprint density at radius 1 is 1.18 bits per heavy atom. The number of nitrogens with two attached hydrogens (primary N) is 1. The summed E-state index contributed by atoms with van der Waals surface area (Å²) in [5.41, 5.74) is 9.26. The van der Waals surface area contributed by atoms with Crippen LogP contribution in [0.4, 0.5) is 10.1 Å². The molecule has 1 aromatic heterocycles. The minimum absolute atomic E-state index is 0.240. The van der Waals surface area contributed by atoms with Crippen molar-refractivity contribution in [1.29, 1.82) is 0 Å². The van der Waals surface area contributed by atoms with Crippen molar-refractivity contribution >= 4 is 5.69 Å². The Balaban J connectivity index is 2.54. The van der Waals surface area contributed by atoms with Crippen LogP contribution < -0.4 is 5.73 Å². The number of nitrogens with zero attached hydrogens (tertiary/aromatic N) is 1. The Bertz CT molecular complexity index is 518. The van der Waals surface area contributed by atoms with Gasteiger partial charge < -0.3 is 5.73 Å². The zero-order chi connectivity index (χ0) is 12.4. The minimum atomic E-state index is -0.240. The Kier molecular flexibility index (Phi) is 3.09. The summed E-state index contributed by atoms with van der Waals surface area (Å²) in [6.45, 7) is 4.17. The molecule has 3 heteroatoms. The van der Waals surface area contributed by atoms with E-state index in [-0.39, 0.29) is 5.82 Å². The zero-order valence-corrected chi connectivity index (χ0v) is 9.94. The molecular weight excluding hydrogens is 215 g/mol. The van der Waals surface area contributed by atoms with Gasteiger partial charge in [0.25, 0.3) is 0 Å². The summed E-state index contributed by atoms with van der Waals surface area (Å²) in [5.74, 6) is 0.0846. The lowest BCUT2D eigenvalue weighted by molar-refractivity contribution is 0.628. The van der Waals surface area contributed by atoms with Crippen LogP contribution >= 0.6 is 0 Å². The molecule has 0 aliphatic rings. The summed E-state index contributed by atoms with van der Waals surface area (Å²) in [4.78, 5) is 4.35. The number of halogens is 1. The number of benzene rings is 1. The molecule has 2 aromatic rings. The molecule has 0 aliphatic heterocycles. The Morgan fingerprint density at radius 2 is 1.82 bits per heavy atom. The topological polar surface area (TPSA) is 38.9 Å². The van der Waals surface area contributed by atoms with Gasteiger partial charge in [-0.15, -0.1) is 0 Å². The smallest absolute Gasteiger partial charge is 0.123 e. The number of pyridine rings is 1. The number of hydrogen-bond acceptors (Lipinski definition) is 2. The molecule has 1 heterocycles. The molecule has 2 N–H and O–H groups in total. The van der Waals surface area contributed by atoms with Crippen LogP contribution in [0.25, 0.3) is 11.3 Å². The monoisotopic (exact) mass is 230 g/mol. The van der Waals surface area contributed by atoms with E-state index in [0.717, 1.165) is 16.8 Å². The van der Waals surface area contributed by atoms with Crippen molar-refractivity contribution in [2.45, 2.75) is 19.8 Å². The maximum Gasteiger partial charge on any atom is 0.123 e. The molecule has 0 fully saturated rings. The van der Waals surface area contributed by atoms with E-state index in [0.29, 0.717) is 11.6 Å². The molecule has 0 aliphatic carbocycles. The lowest BCUT2D eigenvalue weighted by Crippen LogP contribution is -1.98. The second-order valence-electron chi connectivity index (χ2n) is 4.37. The van der Waals surface area contributed by atoms with Crippen molar-refractivity contribution < 1.29 is 4.39 Å². The molecule has 2 nitrogen and oxygen atoms in total. The van der Waals surface area contributed by atoms with Crippen LogP contribution in [-0.2, 0) is 0 Å². The van der Waals surface area contributed by atoms with E-state index in [1.54, 1.807) is 18.3 Å². The lowest BCUT2D eigenvalue weighted by Gasteiger charge is -2.12. The number of hydrogen-bond donors (Lipinski definition) is 1. The number of aromatic nitrogens is 1. The molecule has 0 amide bonds. The van der Waals surface area contributed by atoms with Gasteiger partial charge in [0.05, 0.1) is 17.6 Å². The third-order valence-electron chi connectivity index (χ3n) is 2.68. The normalized spacial score (nSPS) is 10.8. The largest absolute Gasteiger partial charge is 0.397 e.